The molecule has 3 rings (SSSR count). The number of carboxylic acids is 2. The van der Waals surface area contributed by atoms with E-state index in [1.54, 1.807) is 0 Å². The van der Waals surface area contributed by atoms with Crippen molar-refractivity contribution in [1.82, 2.24) is 9.55 Å². The Kier molecular flexibility index (Phi) is 7.60. The molecule has 1 aromatic heterocycles. The van der Waals surface area contributed by atoms with Gasteiger partial charge in [-0.25, -0.2) is 14.6 Å². The Morgan fingerprint density at radius 3 is 2.43 bits per heavy atom. The number of benzene rings is 2. The SMILES string of the molecule is Cn1c(-c2cccc(Br)c2)cnc1NCc1cccc(Cl)c1.O=C(O)C(=O)O. The van der Waals surface area contributed by atoms with Gasteiger partial charge in [0, 0.05) is 28.7 Å². The van der Waals surface area contributed by atoms with Crippen LogP contribution in [0.1, 0.15) is 5.56 Å². The number of nitrogens with zero attached hydrogens (tertiary/aromatic N) is 2. The third-order valence-corrected chi connectivity index (χ3v) is 4.36. The van der Waals surface area contributed by atoms with Gasteiger partial charge in [-0.3, -0.25) is 0 Å². The highest BCUT2D eigenvalue weighted by Gasteiger charge is 2.08. The highest BCUT2D eigenvalue weighted by molar-refractivity contribution is 9.10. The summed E-state index contributed by atoms with van der Waals surface area (Å²) in [5, 5.41) is 18.9. The molecule has 0 atom stereocenters. The molecule has 0 aliphatic rings. The van der Waals surface area contributed by atoms with Crippen LogP contribution < -0.4 is 5.32 Å². The highest BCUT2D eigenvalue weighted by atomic mass is 79.9. The molecule has 0 aliphatic carbocycles. The molecule has 0 unspecified atom stereocenters. The molecule has 0 saturated heterocycles. The smallest absolute Gasteiger partial charge is 0.414 e. The summed E-state index contributed by atoms with van der Waals surface area (Å²) in [7, 11) is 2.00. The van der Waals surface area contributed by atoms with Crippen LogP contribution in [0.3, 0.4) is 0 Å². The zero-order valence-corrected chi connectivity index (χ0v) is 17.1. The molecule has 0 bridgehead atoms. The molecule has 0 amide bonds. The van der Waals surface area contributed by atoms with E-state index in [0.717, 1.165) is 32.3 Å². The number of nitrogens with one attached hydrogen (secondary N) is 1. The van der Waals surface area contributed by atoms with Crippen molar-refractivity contribution in [3.63, 3.8) is 0 Å². The summed E-state index contributed by atoms with van der Waals surface area (Å²) < 4.78 is 3.10. The number of carboxylic acid groups (broad SMARTS) is 2. The average Bonchev–Trinajstić information content (AvgIpc) is 3.01. The second kappa shape index (κ2) is 9.91. The van der Waals surface area contributed by atoms with Gasteiger partial charge >= 0.3 is 11.9 Å². The zero-order chi connectivity index (χ0) is 20.7. The predicted molar refractivity (Wildman–Crippen MR) is 110 cm³/mol. The molecule has 0 aliphatic heterocycles. The Bertz CT molecular complexity index is 979. The zero-order valence-electron chi connectivity index (χ0n) is 14.8. The third-order valence-electron chi connectivity index (χ3n) is 3.63. The van der Waals surface area contributed by atoms with Crippen LogP contribution in [0.4, 0.5) is 5.95 Å². The Labute approximate surface area is 174 Å². The van der Waals surface area contributed by atoms with Gasteiger partial charge in [-0.05, 0) is 29.8 Å². The fourth-order valence-corrected chi connectivity index (χ4v) is 2.93. The van der Waals surface area contributed by atoms with Gasteiger partial charge in [-0.15, -0.1) is 0 Å². The van der Waals surface area contributed by atoms with Crippen LogP contribution in [0, 0.1) is 0 Å². The van der Waals surface area contributed by atoms with E-state index in [1.165, 1.54) is 0 Å². The molecule has 0 saturated carbocycles. The van der Waals surface area contributed by atoms with Crippen molar-refractivity contribution in [2.45, 2.75) is 6.54 Å². The van der Waals surface area contributed by atoms with Gasteiger partial charge in [0.05, 0.1) is 11.9 Å². The van der Waals surface area contributed by atoms with Gasteiger partial charge in [0.25, 0.3) is 0 Å². The molecule has 9 heteroatoms. The summed E-state index contributed by atoms with van der Waals surface area (Å²) in [6, 6.07) is 16.0. The quantitative estimate of drug-likeness (QED) is 0.496. The van der Waals surface area contributed by atoms with Crippen LogP contribution in [-0.4, -0.2) is 31.7 Å². The Balaban J connectivity index is 0.000000409. The van der Waals surface area contributed by atoms with Crippen LogP contribution in [0.25, 0.3) is 11.3 Å². The summed E-state index contributed by atoms with van der Waals surface area (Å²) in [6.07, 6.45) is 1.88. The highest BCUT2D eigenvalue weighted by Crippen LogP contribution is 2.25. The van der Waals surface area contributed by atoms with Crippen molar-refractivity contribution < 1.29 is 19.8 Å². The number of anilines is 1. The van der Waals surface area contributed by atoms with Crippen LogP contribution >= 0.6 is 27.5 Å². The van der Waals surface area contributed by atoms with E-state index in [0.29, 0.717) is 6.54 Å². The maximum absolute atomic E-state index is 9.10. The Hall–Kier alpha value is -2.84. The van der Waals surface area contributed by atoms with Gasteiger partial charge in [0.1, 0.15) is 0 Å². The molecular formula is C19H17BrClN3O4. The minimum absolute atomic E-state index is 0.684. The van der Waals surface area contributed by atoms with Crippen molar-refractivity contribution in [2.24, 2.45) is 7.05 Å². The molecule has 3 N–H and O–H groups in total. The Morgan fingerprint density at radius 2 is 1.82 bits per heavy atom. The van der Waals surface area contributed by atoms with Gasteiger partial charge in [-0.2, -0.15) is 0 Å². The number of imidazole rings is 1. The lowest BCUT2D eigenvalue weighted by Gasteiger charge is -2.09. The van der Waals surface area contributed by atoms with Crippen LogP contribution in [0.2, 0.25) is 5.02 Å². The second-order valence-corrected chi connectivity index (χ2v) is 6.98. The summed E-state index contributed by atoms with van der Waals surface area (Å²) in [6.45, 7) is 0.684. The number of carbonyl (C=O) groups is 2. The van der Waals surface area contributed by atoms with Gasteiger partial charge < -0.3 is 20.1 Å². The molecule has 0 radical (unpaired) electrons. The maximum Gasteiger partial charge on any atom is 0.414 e. The van der Waals surface area contributed by atoms with E-state index < -0.39 is 11.9 Å². The van der Waals surface area contributed by atoms with Crippen molar-refractivity contribution in [3.8, 4) is 11.3 Å². The van der Waals surface area contributed by atoms with Crippen LogP contribution in [-0.2, 0) is 23.2 Å². The molecule has 0 spiro atoms. The average molecular weight is 467 g/mol. The predicted octanol–water partition coefficient (Wildman–Crippen LogP) is 4.27. The third kappa shape index (κ3) is 6.11. The first-order valence-corrected chi connectivity index (χ1v) is 9.17. The maximum atomic E-state index is 9.10. The molecule has 1 heterocycles. The Morgan fingerprint density at radius 1 is 1.14 bits per heavy atom. The molecule has 3 aromatic rings. The molecule has 7 nitrogen and oxygen atoms in total. The lowest BCUT2D eigenvalue weighted by molar-refractivity contribution is -0.159. The molecule has 2 aromatic carbocycles. The van der Waals surface area contributed by atoms with E-state index in [-0.39, 0.29) is 0 Å². The molecule has 28 heavy (non-hydrogen) atoms. The standard InChI is InChI=1S/C17H15BrClN3.C2H2O4/c1-22-16(13-5-3-6-14(18)9-13)11-21-17(22)20-10-12-4-2-7-15(19)8-12;3-1(4)2(5)6/h2-9,11H,10H2,1H3,(H,20,21);(H,3,4)(H,5,6). The number of aliphatic carboxylic acids is 2. The van der Waals surface area contributed by atoms with Crippen molar-refractivity contribution in [3.05, 3.63) is 69.8 Å². The number of aromatic nitrogens is 2. The first-order chi connectivity index (χ1) is 13.3. The lowest BCUT2D eigenvalue weighted by atomic mass is 10.2. The minimum Gasteiger partial charge on any atom is -0.473 e. The number of hydrogen-bond donors (Lipinski definition) is 3. The van der Waals surface area contributed by atoms with Crippen molar-refractivity contribution >= 4 is 45.4 Å². The molecule has 0 fully saturated rings. The van der Waals surface area contributed by atoms with E-state index in [2.05, 4.69) is 38.4 Å². The largest absolute Gasteiger partial charge is 0.473 e. The number of hydrogen-bond acceptors (Lipinski definition) is 4. The fraction of sp³-hybridized carbons (Fsp3) is 0.105. The molecule has 146 valence electrons. The second-order valence-electron chi connectivity index (χ2n) is 5.63. The lowest BCUT2D eigenvalue weighted by Crippen LogP contribution is -2.09. The van der Waals surface area contributed by atoms with Crippen LogP contribution in [0.15, 0.2) is 59.2 Å². The summed E-state index contributed by atoms with van der Waals surface area (Å²) in [4.78, 5) is 22.7. The van der Waals surface area contributed by atoms with E-state index in [1.807, 2.05) is 54.2 Å². The first-order valence-electron chi connectivity index (χ1n) is 8.00. The summed E-state index contributed by atoms with van der Waals surface area (Å²) in [5.74, 6) is -2.82. The summed E-state index contributed by atoms with van der Waals surface area (Å²) >= 11 is 9.50. The number of halogens is 2. The van der Waals surface area contributed by atoms with E-state index >= 15 is 0 Å². The van der Waals surface area contributed by atoms with E-state index in [9.17, 15) is 0 Å². The normalized spacial score (nSPS) is 9.96. The monoisotopic (exact) mass is 465 g/mol. The number of rotatable bonds is 4. The first kappa shape index (κ1) is 21.5. The van der Waals surface area contributed by atoms with Crippen LogP contribution in [0.5, 0.6) is 0 Å². The molecular weight excluding hydrogens is 450 g/mol. The fourth-order valence-electron chi connectivity index (χ4n) is 2.32. The van der Waals surface area contributed by atoms with Gasteiger partial charge in [-0.1, -0.05) is 51.8 Å². The minimum atomic E-state index is -1.82. The summed E-state index contributed by atoms with van der Waals surface area (Å²) in [5.41, 5.74) is 3.31. The van der Waals surface area contributed by atoms with Crippen molar-refractivity contribution in [2.75, 3.05) is 5.32 Å². The van der Waals surface area contributed by atoms with Crippen molar-refractivity contribution in [1.29, 1.82) is 0 Å². The van der Waals surface area contributed by atoms with E-state index in [4.69, 9.17) is 31.4 Å². The topological polar surface area (TPSA) is 104 Å². The van der Waals surface area contributed by atoms with Gasteiger partial charge in [0.15, 0.2) is 0 Å². The van der Waals surface area contributed by atoms with Gasteiger partial charge in [0.2, 0.25) is 5.95 Å².